The summed E-state index contributed by atoms with van der Waals surface area (Å²) in [4.78, 5) is 79.8. The Bertz CT molecular complexity index is 2510. The van der Waals surface area contributed by atoms with Crippen LogP contribution in [-0.4, -0.2) is 104 Å². The van der Waals surface area contributed by atoms with Crippen LogP contribution in [0.2, 0.25) is 0 Å². The number of carboxylic acids is 1. The number of methoxy groups -OCH3 is 3. The minimum atomic E-state index is -1.13. The minimum Gasteiger partial charge on any atom is -0.496 e. The molecule has 3 heterocycles. The number of para-hydroxylation sites is 3. The van der Waals surface area contributed by atoms with Gasteiger partial charge in [0.15, 0.2) is 5.78 Å². The summed E-state index contributed by atoms with van der Waals surface area (Å²) in [5.74, 6) is 1.89. The van der Waals surface area contributed by atoms with Crippen molar-refractivity contribution in [3.63, 3.8) is 0 Å². The number of nitrogens with two attached hydrogens (primary N) is 2. The van der Waals surface area contributed by atoms with E-state index in [-0.39, 0.29) is 42.0 Å². The summed E-state index contributed by atoms with van der Waals surface area (Å²) in [5.41, 5.74) is 15.1. The van der Waals surface area contributed by atoms with E-state index in [1.165, 1.54) is 39.8 Å². The molecule has 0 aliphatic carbocycles. The summed E-state index contributed by atoms with van der Waals surface area (Å²) in [6, 6.07) is 24.3. The van der Waals surface area contributed by atoms with E-state index in [1.807, 2.05) is 78.1 Å². The zero-order valence-electron chi connectivity index (χ0n) is 40.6. The number of halogens is 1. The Morgan fingerprint density at radius 3 is 1.23 bits per heavy atom. The number of carbonyl (C=O) groups is 5. The zero-order valence-corrected chi connectivity index (χ0v) is 44.1. The molecule has 9 N–H and O–H groups in total. The topological polar surface area (TPSA) is 311 Å². The number of aliphatic carboxylic acids is 1. The maximum atomic E-state index is 11.8. The SMILES string of the molecule is CC(=O)C(C)N.COc1ccccc1-c1cc(N)ncn1.COc1ccccc1-c1cc(NC(=O)NC(C)C(=O)O)ncn1.COc1ccccc1-c1cc(NC(=O)NC(C)C(C)=O)ncn1.C[CH-]I.[V]. The summed E-state index contributed by atoms with van der Waals surface area (Å²) in [6.45, 7) is 9.52. The van der Waals surface area contributed by atoms with Crippen LogP contribution in [0.3, 0.4) is 0 Å². The van der Waals surface area contributed by atoms with Gasteiger partial charge in [0.1, 0.15) is 65.5 Å². The molecule has 6 aromatic rings. The van der Waals surface area contributed by atoms with Gasteiger partial charge in [-0.25, -0.2) is 39.5 Å². The molecule has 3 aromatic heterocycles. The van der Waals surface area contributed by atoms with E-state index in [2.05, 4.69) is 73.8 Å². The normalized spacial score (nSPS) is 10.9. The Balaban J connectivity index is 0.000000494. The molecule has 0 fully saturated rings. The molecule has 0 aliphatic heterocycles. The van der Waals surface area contributed by atoms with E-state index in [9.17, 15) is 24.0 Å². The van der Waals surface area contributed by atoms with Gasteiger partial charge >= 0.3 is 18.0 Å². The molecular weight excluding hydrogens is 1070 g/mol. The number of carbonyl (C=O) groups excluding carboxylic acids is 4. The number of rotatable bonds is 13. The number of nitrogen functional groups attached to an aromatic ring is 1. The van der Waals surface area contributed by atoms with Crippen LogP contribution in [0.25, 0.3) is 33.8 Å². The number of urea groups is 2. The first-order valence-electron chi connectivity index (χ1n) is 21.0. The van der Waals surface area contributed by atoms with Crippen molar-refractivity contribution < 1.29 is 61.8 Å². The molecule has 3 aromatic carbocycles. The Hall–Kier alpha value is -7.28. The monoisotopic (exact) mass is 1120 g/mol. The number of amides is 4. The van der Waals surface area contributed by atoms with Gasteiger partial charge in [-0.1, -0.05) is 36.4 Å². The van der Waals surface area contributed by atoms with Crippen LogP contribution in [-0.2, 0) is 32.9 Å². The van der Waals surface area contributed by atoms with Gasteiger partial charge in [0.05, 0.1) is 50.5 Å². The van der Waals surface area contributed by atoms with Crippen LogP contribution in [0.5, 0.6) is 17.2 Å². The van der Waals surface area contributed by atoms with Crippen LogP contribution in [0, 0.1) is 4.43 Å². The Labute approximate surface area is 438 Å². The number of nitrogens with one attached hydrogen (secondary N) is 4. The number of hydrogen-bond donors (Lipinski definition) is 7. The first-order valence-corrected chi connectivity index (χ1v) is 22.3. The number of ether oxygens (including phenoxy) is 3. The first-order chi connectivity index (χ1) is 33.4. The van der Waals surface area contributed by atoms with E-state index in [0.717, 1.165) is 28.1 Å². The summed E-state index contributed by atoms with van der Waals surface area (Å²) in [6.07, 6.45) is 4.10. The predicted octanol–water partition coefficient (Wildman–Crippen LogP) is 7.26. The number of Topliss-reactive ketones (excluding diaryl/α,β-unsaturated/α-hetero) is 2. The van der Waals surface area contributed by atoms with E-state index in [0.29, 0.717) is 34.5 Å². The van der Waals surface area contributed by atoms with Crippen molar-refractivity contribution in [2.24, 2.45) is 5.73 Å². The average molecular weight is 1120 g/mol. The van der Waals surface area contributed by atoms with Crippen molar-refractivity contribution in [2.45, 2.75) is 59.7 Å². The first kappa shape index (κ1) is 61.7. The third kappa shape index (κ3) is 22.4. The van der Waals surface area contributed by atoms with Crippen molar-refractivity contribution in [3.05, 3.63) is 114 Å². The van der Waals surface area contributed by atoms with E-state index in [1.54, 1.807) is 59.4 Å². The van der Waals surface area contributed by atoms with E-state index in [4.69, 9.17) is 30.8 Å². The fraction of sp³-hybridized carbons (Fsp3) is 0.250. The molecule has 3 unspecified atom stereocenters. The maximum absolute atomic E-state index is 11.8. The zero-order chi connectivity index (χ0) is 52.2. The molecule has 6 rings (SSSR count). The smallest absolute Gasteiger partial charge is 0.325 e. The van der Waals surface area contributed by atoms with Crippen molar-refractivity contribution >= 4 is 69.6 Å². The number of anilines is 3. The van der Waals surface area contributed by atoms with Crippen molar-refractivity contribution in [1.29, 1.82) is 0 Å². The van der Waals surface area contributed by atoms with Crippen molar-refractivity contribution in [2.75, 3.05) is 37.7 Å². The van der Waals surface area contributed by atoms with Gasteiger partial charge in [-0.15, -0.1) is 0 Å². The molecule has 0 aliphatic rings. The van der Waals surface area contributed by atoms with Crippen LogP contribution < -0.4 is 46.9 Å². The second kappa shape index (κ2) is 33.3. The van der Waals surface area contributed by atoms with Crippen LogP contribution >= 0.6 is 22.6 Å². The number of aromatic nitrogens is 6. The fourth-order valence-electron chi connectivity index (χ4n) is 5.10. The predicted molar refractivity (Wildman–Crippen MR) is 276 cm³/mol. The fourth-order valence-corrected chi connectivity index (χ4v) is 5.10. The summed E-state index contributed by atoms with van der Waals surface area (Å²) < 4.78 is 17.8. The summed E-state index contributed by atoms with van der Waals surface area (Å²) in [5, 5.41) is 18.6. The second-order valence-electron chi connectivity index (χ2n) is 14.2. The van der Waals surface area contributed by atoms with Crippen LogP contribution in [0.15, 0.2) is 110 Å². The average Bonchev–Trinajstić information content (AvgIpc) is 3.34. The molecule has 0 saturated heterocycles. The Morgan fingerprint density at radius 2 is 0.915 bits per heavy atom. The molecule has 377 valence electrons. The summed E-state index contributed by atoms with van der Waals surface area (Å²) in [7, 11) is 4.76. The molecule has 1 radical (unpaired) electrons. The van der Waals surface area contributed by atoms with Gasteiger partial charge in [0.2, 0.25) is 0 Å². The van der Waals surface area contributed by atoms with Crippen molar-refractivity contribution in [3.8, 4) is 51.0 Å². The largest absolute Gasteiger partial charge is 0.496 e. The molecule has 0 saturated carbocycles. The van der Waals surface area contributed by atoms with Gasteiger partial charge in [-0.2, -0.15) is 6.92 Å². The number of benzene rings is 3. The second-order valence-corrected chi connectivity index (χ2v) is 15.5. The van der Waals surface area contributed by atoms with Gasteiger partial charge in [-0.05, 0) is 71.0 Å². The molecule has 3 atom stereocenters. The van der Waals surface area contributed by atoms with Crippen LogP contribution in [0.4, 0.5) is 27.0 Å². The molecule has 0 spiro atoms. The number of carboxylic acid groups (broad SMARTS) is 1. The number of hydrogen-bond acceptors (Lipinski definition) is 16. The summed E-state index contributed by atoms with van der Waals surface area (Å²) >= 11 is 2.16. The van der Waals surface area contributed by atoms with Gasteiger partial charge in [-0.3, -0.25) is 29.4 Å². The molecule has 21 nitrogen and oxygen atoms in total. The third-order valence-corrected chi connectivity index (χ3v) is 8.97. The third-order valence-electron chi connectivity index (χ3n) is 8.97. The molecule has 0 bridgehead atoms. The van der Waals surface area contributed by atoms with E-state index >= 15 is 0 Å². The van der Waals surface area contributed by atoms with Crippen molar-refractivity contribution in [1.82, 2.24) is 40.5 Å². The minimum absolute atomic E-state index is 0. The van der Waals surface area contributed by atoms with E-state index < -0.39 is 30.1 Å². The Kier molecular flexibility index (Phi) is 28.9. The Morgan fingerprint density at radius 1 is 0.592 bits per heavy atom. The quantitative estimate of drug-likeness (QED) is 0.0442. The molecule has 71 heavy (non-hydrogen) atoms. The molecule has 4 amide bonds. The number of nitrogens with zero attached hydrogens (tertiary/aromatic N) is 6. The molecule has 23 heteroatoms. The number of ketones is 2. The van der Waals surface area contributed by atoms with Gasteiger partial charge < -0.3 is 64.0 Å². The van der Waals surface area contributed by atoms with Gasteiger partial charge in [0.25, 0.3) is 0 Å². The molecular formula is C48H58IN12O9V-. The standard InChI is InChI=1S/C16H18N4O3.C15H16N4O4.C11H11N3O.C4H9NO.C2H4I.V/c1-10(11(2)21)19-16(22)20-15-8-13(17-9-18-15)12-6-4-5-7-14(12)23-3;1-9(14(20)21)18-15(22)19-13-7-11(16-8-17-13)10-5-3-4-6-12(10)23-2;1-15-10-5-3-2-4-8(10)9-6-11(12)14-7-13-9;1-3(5)4(2)6;1-2-3;/h4-10H,1-3H3,(H2,17,18,19,20,22);3-9H,1-2H3,(H,20,21)(H2,16,17,18,19,22);2-7H,1H3,(H2,12,13,14);3H,5H2,1-2H3;2H,1H3;/q;;;;-1;. The van der Waals surface area contributed by atoms with Crippen LogP contribution in [0.1, 0.15) is 41.5 Å². The maximum Gasteiger partial charge on any atom is 0.325 e. The van der Waals surface area contributed by atoms with Gasteiger partial charge in [0, 0.05) is 53.4 Å².